The first-order valence-corrected chi connectivity index (χ1v) is 8.69. The zero-order valence-electron chi connectivity index (χ0n) is 14.4. The van der Waals surface area contributed by atoms with Gasteiger partial charge in [-0.15, -0.1) is 0 Å². The van der Waals surface area contributed by atoms with Gasteiger partial charge in [0.25, 0.3) is 0 Å². The number of anilines is 1. The SMILES string of the molecule is CCC(=O)Nc1ccccc1OC(=O)COc1c(C)cc(Br)cc1C. The molecule has 0 fully saturated rings. The molecule has 0 aliphatic carbocycles. The second-order valence-corrected chi connectivity index (χ2v) is 6.45. The quantitative estimate of drug-likeness (QED) is 0.571. The first-order chi connectivity index (χ1) is 11.9. The molecule has 0 aromatic heterocycles. The zero-order chi connectivity index (χ0) is 18.4. The molecular weight excluding hydrogens is 386 g/mol. The van der Waals surface area contributed by atoms with E-state index in [1.807, 2.05) is 26.0 Å². The molecule has 1 N–H and O–H groups in total. The molecule has 0 aliphatic heterocycles. The average Bonchev–Trinajstić information content (AvgIpc) is 2.55. The van der Waals surface area contributed by atoms with Crippen molar-refractivity contribution >= 4 is 33.5 Å². The second-order valence-electron chi connectivity index (χ2n) is 5.53. The van der Waals surface area contributed by atoms with E-state index in [9.17, 15) is 9.59 Å². The lowest BCUT2D eigenvalue weighted by Crippen LogP contribution is -2.19. The van der Waals surface area contributed by atoms with Gasteiger partial charge in [0.1, 0.15) is 5.75 Å². The summed E-state index contributed by atoms with van der Waals surface area (Å²) in [4.78, 5) is 23.7. The van der Waals surface area contributed by atoms with Gasteiger partial charge in [-0.05, 0) is 49.2 Å². The zero-order valence-corrected chi connectivity index (χ0v) is 16.0. The van der Waals surface area contributed by atoms with E-state index in [4.69, 9.17) is 9.47 Å². The molecule has 0 unspecified atom stereocenters. The highest BCUT2D eigenvalue weighted by Crippen LogP contribution is 2.28. The van der Waals surface area contributed by atoms with E-state index in [2.05, 4.69) is 21.2 Å². The molecule has 0 bridgehead atoms. The summed E-state index contributed by atoms with van der Waals surface area (Å²) in [6.07, 6.45) is 0.341. The molecule has 5 nitrogen and oxygen atoms in total. The van der Waals surface area contributed by atoms with Crippen molar-refractivity contribution in [3.8, 4) is 11.5 Å². The Hall–Kier alpha value is -2.34. The number of para-hydroxylation sites is 2. The maximum absolute atomic E-state index is 12.1. The van der Waals surface area contributed by atoms with Crippen LogP contribution >= 0.6 is 15.9 Å². The molecule has 0 spiro atoms. The van der Waals surface area contributed by atoms with Gasteiger partial charge in [-0.3, -0.25) is 4.79 Å². The van der Waals surface area contributed by atoms with Gasteiger partial charge in [-0.1, -0.05) is 35.0 Å². The van der Waals surface area contributed by atoms with Crippen LogP contribution in [0.1, 0.15) is 24.5 Å². The molecule has 1 amide bonds. The molecule has 0 saturated carbocycles. The van der Waals surface area contributed by atoms with Crippen LogP contribution in [0.15, 0.2) is 40.9 Å². The van der Waals surface area contributed by atoms with E-state index in [1.165, 1.54) is 0 Å². The Labute approximate surface area is 155 Å². The van der Waals surface area contributed by atoms with E-state index in [-0.39, 0.29) is 12.5 Å². The van der Waals surface area contributed by atoms with Crippen molar-refractivity contribution in [3.63, 3.8) is 0 Å². The first kappa shape index (κ1) is 19.0. The van der Waals surface area contributed by atoms with Gasteiger partial charge in [-0.2, -0.15) is 0 Å². The van der Waals surface area contributed by atoms with Crippen molar-refractivity contribution < 1.29 is 19.1 Å². The van der Waals surface area contributed by atoms with Crippen LogP contribution in [0.3, 0.4) is 0 Å². The van der Waals surface area contributed by atoms with Gasteiger partial charge in [0.2, 0.25) is 5.91 Å². The minimum atomic E-state index is -0.542. The summed E-state index contributed by atoms with van der Waals surface area (Å²) in [5.74, 6) is 0.260. The van der Waals surface area contributed by atoms with Crippen molar-refractivity contribution in [2.24, 2.45) is 0 Å². The fourth-order valence-electron chi connectivity index (χ4n) is 2.31. The molecule has 2 aromatic rings. The van der Waals surface area contributed by atoms with Crippen LogP contribution in [0, 0.1) is 13.8 Å². The van der Waals surface area contributed by atoms with Crippen LogP contribution in [-0.4, -0.2) is 18.5 Å². The molecule has 2 aromatic carbocycles. The average molecular weight is 406 g/mol. The second kappa shape index (κ2) is 8.67. The molecule has 132 valence electrons. The van der Waals surface area contributed by atoms with Crippen molar-refractivity contribution in [3.05, 3.63) is 52.0 Å². The first-order valence-electron chi connectivity index (χ1n) is 7.89. The summed E-state index contributed by atoms with van der Waals surface area (Å²) in [6.45, 7) is 5.35. The summed E-state index contributed by atoms with van der Waals surface area (Å²) in [5.41, 5.74) is 2.31. The van der Waals surface area contributed by atoms with Gasteiger partial charge < -0.3 is 14.8 Å². The van der Waals surface area contributed by atoms with Crippen LogP contribution in [0.2, 0.25) is 0 Å². The van der Waals surface area contributed by atoms with Crippen molar-refractivity contribution in [1.29, 1.82) is 0 Å². The van der Waals surface area contributed by atoms with Gasteiger partial charge >= 0.3 is 5.97 Å². The number of esters is 1. The molecule has 0 saturated heterocycles. The van der Waals surface area contributed by atoms with Crippen LogP contribution in [0.5, 0.6) is 11.5 Å². The van der Waals surface area contributed by atoms with E-state index in [0.717, 1.165) is 15.6 Å². The van der Waals surface area contributed by atoms with Crippen LogP contribution in [-0.2, 0) is 9.59 Å². The highest BCUT2D eigenvalue weighted by atomic mass is 79.9. The van der Waals surface area contributed by atoms with E-state index in [0.29, 0.717) is 23.6 Å². The van der Waals surface area contributed by atoms with Crippen LogP contribution in [0.4, 0.5) is 5.69 Å². The fourth-order valence-corrected chi connectivity index (χ4v) is 2.99. The summed E-state index contributed by atoms with van der Waals surface area (Å²) in [5, 5.41) is 2.70. The number of halogens is 1. The molecule has 2 rings (SSSR count). The van der Waals surface area contributed by atoms with Crippen LogP contribution in [0.25, 0.3) is 0 Å². The lowest BCUT2D eigenvalue weighted by molar-refractivity contribution is -0.136. The van der Waals surface area contributed by atoms with Crippen molar-refractivity contribution in [1.82, 2.24) is 0 Å². The topological polar surface area (TPSA) is 64.6 Å². The number of carbonyl (C=O) groups is 2. The Morgan fingerprint density at radius 3 is 2.40 bits per heavy atom. The molecule has 0 heterocycles. The summed E-state index contributed by atoms with van der Waals surface area (Å²) >= 11 is 3.42. The Bertz CT molecular complexity index is 766. The third-order valence-corrected chi connectivity index (χ3v) is 3.92. The molecule has 0 atom stereocenters. The molecule has 6 heteroatoms. The third-order valence-electron chi connectivity index (χ3n) is 3.47. The highest BCUT2D eigenvalue weighted by Gasteiger charge is 2.13. The van der Waals surface area contributed by atoms with Crippen molar-refractivity contribution in [2.45, 2.75) is 27.2 Å². The smallest absolute Gasteiger partial charge is 0.349 e. The number of hydrogen-bond acceptors (Lipinski definition) is 4. The number of amides is 1. The number of benzene rings is 2. The Morgan fingerprint density at radius 2 is 1.76 bits per heavy atom. The predicted molar refractivity (Wildman–Crippen MR) is 100 cm³/mol. The van der Waals surface area contributed by atoms with E-state index >= 15 is 0 Å². The number of rotatable bonds is 6. The Morgan fingerprint density at radius 1 is 1.12 bits per heavy atom. The van der Waals surface area contributed by atoms with Gasteiger partial charge in [0.15, 0.2) is 12.4 Å². The lowest BCUT2D eigenvalue weighted by Gasteiger charge is -2.13. The standard InChI is InChI=1S/C19H20BrNO4/c1-4-17(22)21-15-7-5-6-8-16(15)25-18(23)11-24-19-12(2)9-14(20)10-13(19)3/h5-10H,4,11H2,1-3H3,(H,21,22). The minimum absolute atomic E-state index is 0.152. The number of carbonyl (C=O) groups excluding carboxylic acids is 2. The summed E-state index contributed by atoms with van der Waals surface area (Å²) < 4.78 is 11.9. The molecule has 0 radical (unpaired) electrons. The third kappa shape index (κ3) is 5.32. The minimum Gasteiger partial charge on any atom is -0.481 e. The summed E-state index contributed by atoms with van der Waals surface area (Å²) in [7, 11) is 0. The van der Waals surface area contributed by atoms with E-state index in [1.54, 1.807) is 31.2 Å². The maximum atomic E-state index is 12.1. The van der Waals surface area contributed by atoms with Gasteiger partial charge in [-0.25, -0.2) is 4.79 Å². The van der Waals surface area contributed by atoms with Crippen LogP contribution < -0.4 is 14.8 Å². The largest absolute Gasteiger partial charge is 0.481 e. The normalized spacial score (nSPS) is 10.2. The number of nitrogens with one attached hydrogen (secondary N) is 1. The number of hydrogen-bond donors (Lipinski definition) is 1. The molecule has 0 aliphatic rings. The lowest BCUT2D eigenvalue weighted by atomic mass is 10.1. The molecular formula is C19H20BrNO4. The Kier molecular flexibility index (Phi) is 6.58. The van der Waals surface area contributed by atoms with Gasteiger partial charge in [0, 0.05) is 10.9 Å². The van der Waals surface area contributed by atoms with Crippen molar-refractivity contribution in [2.75, 3.05) is 11.9 Å². The van der Waals surface area contributed by atoms with Gasteiger partial charge in [0.05, 0.1) is 5.69 Å². The number of ether oxygens (including phenoxy) is 2. The predicted octanol–water partition coefficient (Wildman–Crippen LogP) is 4.40. The maximum Gasteiger partial charge on any atom is 0.349 e. The highest BCUT2D eigenvalue weighted by molar-refractivity contribution is 9.10. The molecule has 25 heavy (non-hydrogen) atoms. The monoisotopic (exact) mass is 405 g/mol. The number of aryl methyl sites for hydroxylation is 2. The van der Waals surface area contributed by atoms with E-state index < -0.39 is 5.97 Å². The summed E-state index contributed by atoms with van der Waals surface area (Å²) in [6, 6.07) is 10.6. The fraction of sp³-hybridized carbons (Fsp3) is 0.263. The Balaban J connectivity index is 2.03.